The molecule has 0 saturated carbocycles. The Morgan fingerprint density at radius 3 is 2.42 bits per heavy atom. The molecule has 9 heteroatoms. The number of carbonyl (C=O) groups is 2. The minimum Gasteiger partial charge on any atom is -0.489 e. The van der Waals surface area contributed by atoms with E-state index < -0.39 is 11.0 Å². The van der Waals surface area contributed by atoms with Crippen LogP contribution in [0.4, 0.5) is 10.5 Å². The van der Waals surface area contributed by atoms with Crippen LogP contribution in [0.1, 0.15) is 52.7 Å². The number of anilines is 1. The predicted octanol–water partition coefficient (Wildman–Crippen LogP) is 6.37. The highest BCUT2D eigenvalue weighted by atomic mass is 16.6. The number of allylic oxidation sites excluding steroid dienone is 3. The van der Waals surface area contributed by atoms with Gasteiger partial charge < -0.3 is 14.8 Å². The molecule has 0 aromatic heterocycles. The minimum atomic E-state index is -0.590. The third-order valence-electron chi connectivity index (χ3n) is 5.83. The fourth-order valence-corrected chi connectivity index (χ4v) is 3.84. The number of rotatable bonds is 11. The van der Waals surface area contributed by atoms with Crippen LogP contribution in [0.3, 0.4) is 0 Å². The Bertz CT molecular complexity index is 1270. The van der Waals surface area contributed by atoms with Gasteiger partial charge in [-0.15, -0.1) is 0 Å². The van der Waals surface area contributed by atoms with Crippen molar-refractivity contribution in [3.63, 3.8) is 0 Å². The Hall–Kier alpha value is -4.40. The van der Waals surface area contributed by atoms with E-state index in [2.05, 4.69) is 5.32 Å². The van der Waals surface area contributed by atoms with E-state index in [1.54, 1.807) is 32.1 Å². The molecule has 40 heavy (non-hydrogen) atoms. The maximum Gasteiger partial charge on any atom is 0.414 e. The smallest absolute Gasteiger partial charge is 0.414 e. The predicted molar refractivity (Wildman–Crippen MR) is 157 cm³/mol. The number of nitrogens with zero attached hydrogens (tertiary/aromatic N) is 2. The molecule has 2 aromatic rings. The van der Waals surface area contributed by atoms with Gasteiger partial charge >= 0.3 is 6.09 Å². The molecular weight excluding hydrogens is 510 g/mol. The lowest BCUT2D eigenvalue weighted by Crippen LogP contribution is -2.36. The SMILES string of the molecule is CC.CCc1cc(OCc2ccccc2)ccc1N(C/C(=C/C=C(\C)[N+](=O)[O-])C1=CCNC1=O)C(=O)OC(C)C. The fraction of sp³-hybridized carbons (Fsp3) is 0.355. The van der Waals surface area contributed by atoms with Crippen molar-refractivity contribution in [1.29, 1.82) is 0 Å². The lowest BCUT2D eigenvalue weighted by Gasteiger charge is -2.27. The van der Waals surface area contributed by atoms with Gasteiger partial charge in [0.15, 0.2) is 0 Å². The molecule has 0 bridgehead atoms. The summed E-state index contributed by atoms with van der Waals surface area (Å²) in [6, 6.07) is 15.3. The third kappa shape index (κ3) is 9.11. The zero-order chi connectivity index (χ0) is 29.7. The molecule has 1 heterocycles. The molecule has 2 aromatic carbocycles. The van der Waals surface area contributed by atoms with E-state index in [0.717, 1.165) is 11.1 Å². The number of benzene rings is 2. The highest BCUT2D eigenvalue weighted by Gasteiger charge is 2.26. The normalized spacial score (nSPS) is 13.2. The van der Waals surface area contributed by atoms with Crippen LogP contribution in [0.5, 0.6) is 5.75 Å². The lowest BCUT2D eigenvalue weighted by molar-refractivity contribution is -0.424. The van der Waals surface area contributed by atoms with E-state index in [1.807, 2.05) is 57.2 Å². The van der Waals surface area contributed by atoms with Gasteiger partial charge in [-0.25, -0.2) is 4.79 Å². The van der Waals surface area contributed by atoms with Gasteiger partial charge in [-0.1, -0.05) is 57.2 Å². The number of nitrogens with one attached hydrogen (secondary N) is 1. The van der Waals surface area contributed by atoms with Gasteiger partial charge in [0.05, 0.1) is 23.3 Å². The molecule has 3 rings (SSSR count). The first kappa shape index (κ1) is 31.8. The molecule has 1 N–H and O–H groups in total. The van der Waals surface area contributed by atoms with Crippen molar-refractivity contribution >= 4 is 17.7 Å². The number of ether oxygens (including phenoxy) is 2. The van der Waals surface area contributed by atoms with Crippen LogP contribution in [0.2, 0.25) is 0 Å². The van der Waals surface area contributed by atoms with Crippen LogP contribution in [0.15, 0.2) is 83.6 Å². The fourth-order valence-electron chi connectivity index (χ4n) is 3.84. The van der Waals surface area contributed by atoms with E-state index in [1.165, 1.54) is 24.0 Å². The summed E-state index contributed by atoms with van der Waals surface area (Å²) in [5.41, 5.74) is 3.20. The molecule has 1 aliphatic rings. The van der Waals surface area contributed by atoms with Crippen molar-refractivity contribution in [2.75, 3.05) is 18.0 Å². The molecule has 0 fully saturated rings. The summed E-state index contributed by atoms with van der Waals surface area (Å²) in [7, 11) is 0. The van der Waals surface area contributed by atoms with E-state index in [9.17, 15) is 19.7 Å². The molecule has 9 nitrogen and oxygen atoms in total. The topological polar surface area (TPSA) is 111 Å². The lowest BCUT2D eigenvalue weighted by atomic mass is 10.0. The van der Waals surface area contributed by atoms with Crippen molar-refractivity contribution < 1.29 is 24.0 Å². The molecule has 0 radical (unpaired) electrons. The maximum absolute atomic E-state index is 13.3. The van der Waals surface area contributed by atoms with Crippen molar-refractivity contribution in [3.8, 4) is 5.75 Å². The Morgan fingerprint density at radius 2 is 1.85 bits per heavy atom. The summed E-state index contributed by atoms with van der Waals surface area (Å²) in [6.07, 6.45) is 4.18. The molecule has 214 valence electrons. The van der Waals surface area contributed by atoms with Gasteiger partial charge in [0.2, 0.25) is 5.70 Å². The van der Waals surface area contributed by atoms with Gasteiger partial charge in [-0.3, -0.25) is 19.8 Å². The van der Waals surface area contributed by atoms with Crippen molar-refractivity contribution in [2.45, 2.75) is 60.7 Å². The molecule has 0 saturated heterocycles. The van der Waals surface area contributed by atoms with Gasteiger partial charge in [-0.2, -0.15) is 0 Å². The zero-order valence-electron chi connectivity index (χ0n) is 24.1. The van der Waals surface area contributed by atoms with Crippen molar-refractivity contribution in [2.24, 2.45) is 0 Å². The van der Waals surface area contributed by atoms with Crippen LogP contribution < -0.4 is 15.0 Å². The molecule has 1 aliphatic heterocycles. The van der Waals surface area contributed by atoms with Crippen LogP contribution in [0, 0.1) is 10.1 Å². The van der Waals surface area contributed by atoms with Crippen molar-refractivity contribution in [1.82, 2.24) is 5.32 Å². The van der Waals surface area contributed by atoms with E-state index in [0.29, 0.717) is 42.2 Å². The summed E-state index contributed by atoms with van der Waals surface area (Å²) in [5, 5.41) is 13.9. The first-order valence-corrected chi connectivity index (χ1v) is 13.5. The average molecular weight is 550 g/mol. The Labute approximate surface area is 236 Å². The number of carbonyl (C=O) groups excluding carboxylic acids is 2. The van der Waals surface area contributed by atoms with E-state index in [-0.39, 0.29) is 24.3 Å². The Balaban J connectivity index is 0.00000274. The van der Waals surface area contributed by atoms with Crippen LogP contribution in [-0.2, 0) is 22.6 Å². The zero-order valence-corrected chi connectivity index (χ0v) is 24.1. The highest BCUT2D eigenvalue weighted by molar-refractivity contribution is 6.01. The second-order valence-electron chi connectivity index (χ2n) is 9.02. The van der Waals surface area contributed by atoms with Gasteiger partial charge in [-0.05, 0) is 61.2 Å². The number of nitro groups is 1. The molecule has 0 atom stereocenters. The van der Waals surface area contributed by atoms with E-state index >= 15 is 0 Å². The summed E-state index contributed by atoms with van der Waals surface area (Å²) >= 11 is 0. The molecule has 2 amide bonds. The van der Waals surface area contributed by atoms with Crippen LogP contribution >= 0.6 is 0 Å². The molecule has 0 aliphatic carbocycles. The second-order valence-corrected chi connectivity index (χ2v) is 9.02. The summed E-state index contributed by atoms with van der Waals surface area (Å²) in [6.45, 7) is 11.6. The summed E-state index contributed by atoms with van der Waals surface area (Å²) in [4.78, 5) is 37.9. The standard InChI is InChI=1S/C29H33N3O6.C2H6/c1-5-23-17-25(37-19-22-9-7-6-8-10-22)13-14-27(23)31(29(34)38-20(2)3)18-24(12-11-21(4)32(35)36)26-15-16-30-28(26)33;1-2/h6-15,17,20H,5,16,18-19H2,1-4H3,(H,30,33);1-2H3/b21-11+,24-12-;. The number of aryl methyl sites for hydroxylation is 1. The first-order valence-electron chi connectivity index (χ1n) is 13.5. The third-order valence-corrected chi connectivity index (χ3v) is 5.83. The van der Waals surface area contributed by atoms with Crippen molar-refractivity contribution in [3.05, 3.63) is 105 Å². The number of hydrogen-bond acceptors (Lipinski definition) is 6. The van der Waals surface area contributed by atoms with E-state index in [4.69, 9.17) is 9.47 Å². The van der Waals surface area contributed by atoms with Gasteiger partial charge in [0.1, 0.15) is 12.4 Å². The van der Waals surface area contributed by atoms with Crippen LogP contribution in [-0.4, -0.2) is 36.1 Å². The second kappa shape index (κ2) is 15.9. The van der Waals surface area contributed by atoms with Crippen LogP contribution in [0.25, 0.3) is 0 Å². The molecule has 0 unspecified atom stereocenters. The molecular formula is C31H39N3O6. The first-order chi connectivity index (χ1) is 19.2. The summed E-state index contributed by atoms with van der Waals surface area (Å²) < 4.78 is 11.5. The number of hydrogen-bond donors (Lipinski definition) is 1. The summed E-state index contributed by atoms with van der Waals surface area (Å²) in [5.74, 6) is 0.353. The number of amides is 2. The quantitative estimate of drug-likeness (QED) is 0.198. The average Bonchev–Trinajstić information content (AvgIpc) is 3.38. The monoisotopic (exact) mass is 549 g/mol. The molecule has 0 spiro atoms. The Morgan fingerprint density at radius 1 is 1.15 bits per heavy atom. The largest absolute Gasteiger partial charge is 0.489 e. The van der Waals surface area contributed by atoms with Gasteiger partial charge in [0.25, 0.3) is 5.91 Å². The maximum atomic E-state index is 13.3. The Kier molecular flexibility index (Phi) is 12.6. The highest BCUT2D eigenvalue weighted by Crippen LogP contribution is 2.30. The van der Waals surface area contributed by atoms with Gasteiger partial charge in [0, 0.05) is 25.1 Å². The minimum absolute atomic E-state index is 0.0243.